The minimum atomic E-state index is -0.463. The fourth-order valence-electron chi connectivity index (χ4n) is 1.19. The van der Waals surface area contributed by atoms with Gasteiger partial charge in [0.1, 0.15) is 5.75 Å². The molecule has 1 aromatic carbocycles. The van der Waals surface area contributed by atoms with Crippen LogP contribution in [0.3, 0.4) is 0 Å². The predicted octanol–water partition coefficient (Wildman–Crippen LogP) is 2.18. The number of hydrogen-bond acceptors (Lipinski definition) is 4. The number of Topliss-reactive ketones (excluding diaryl/α,β-unsaturated/α-hetero) is 1. The maximum absolute atomic E-state index is 11.6. The van der Waals surface area contributed by atoms with Gasteiger partial charge in [-0.05, 0) is 12.1 Å². The number of phenols is 1. The van der Waals surface area contributed by atoms with Crippen molar-refractivity contribution < 1.29 is 19.4 Å². The van der Waals surface area contributed by atoms with E-state index < -0.39 is 5.97 Å². The summed E-state index contributed by atoms with van der Waals surface area (Å²) in [4.78, 5) is 22.4. The highest BCUT2D eigenvalue weighted by Gasteiger charge is 2.14. The summed E-state index contributed by atoms with van der Waals surface area (Å²) in [5, 5.41) is 9.64. The van der Waals surface area contributed by atoms with Crippen LogP contribution in [0.5, 0.6) is 5.75 Å². The van der Waals surface area contributed by atoms with Gasteiger partial charge in [-0.15, -0.1) is 0 Å². The lowest BCUT2D eigenvalue weighted by Crippen LogP contribution is -2.06. The van der Waals surface area contributed by atoms with Gasteiger partial charge in [0.25, 0.3) is 0 Å². The lowest BCUT2D eigenvalue weighted by Gasteiger charge is -2.04. The van der Waals surface area contributed by atoms with Crippen LogP contribution in [0.25, 0.3) is 0 Å². The minimum Gasteiger partial charge on any atom is -0.506 e. The Balaban J connectivity index is 2.74. The van der Waals surface area contributed by atoms with Crippen LogP contribution in [0.4, 0.5) is 0 Å². The van der Waals surface area contributed by atoms with Crippen molar-refractivity contribution in [2.45, 2.75) is 12.8 Å². The molecule has 1 rings (SSSR count). The number of halogens is 1. The Morgan fingerprint density at radius 3 is 2.69 bits per heavy atom. The van der Waals surface area contributed by atoms with Gasteiger partial charge in [0.05, 0.1) is 24.1 Å². The molecule has 0 radical (unpaired) electrons. The predicted molar refractivity (Wildman–Crippen MR) is 58.7 cm³/mol. The van der Waals surface area contributed by atoms with E-state index in [0.29, 0.717) is 0 Å². The van der Waals surface area contributed by atoms with E-state index in [1.807, 2.05) is 0 Å². The molecule has 0 aromatic heterocycles. The highest BCUT2D eigenvalue weighted by Crippen LogP contribution is 2.27. The zero-order chi connectivity index (χ0) is 12.1. The van der Waals surface area contributed by atoms with Crippen molar-refractivity contribution >= 4 is 23.4 Å². The van der Waals surface area contributed by atoms with E-state index in [9.17, 15) is 14.7 Å². The van der Waals surface area contributed by atoms with Gasteiger partial charge in [-0.3, -0.25) is 9.59 Å². The molecule has 0 amide bonds. The number of carbonyl (C=O) groups is 2. The molecule has 0 bridgehead atoms. The second-order valence-corrected chi connectivity index (χ2v) is 3.54. The van der Waals surface area contributed by atoms with Crippen LogP contribution in [0.2, 0.25) is 5.02 Å². The fourth-order valence-corrected chi connectivity index (χ4v) is 1.37. The molecular weight excluding hydrogens is 232 g/mol. The first-order chi connectivity index (χ1) is 7.56. The minimum absolute atomic E-state index is 0.0126. The molecule has 0 aliphatic rings. The van der Waals surface area contributed by atoms with Crippen molar-refractivity contribution in [3.8, 4) is 5.75 Å². The Hall–Kier alpha value is -1.55. The third-order valence-corrected chi connectivity index (χ3v) is 2.38. The molecule has 0 aliphatic carbocycles. The topological polar surface area (TPSA) is 63.6 Å². The van der Waals surface area contributed by atoms with Gasteiger partial charge in [-0.2, -0.15) is 0 Å². The van der Waals surface area contributed by atoms with Crippen molar-refractivity contribution in [2.75, 3.05) is 7.11 Å². The van der Waals surface area contributed by atoms with Gasteiger partial charge in [0.15, 0.2) is 5.78 Å². The van der Waals surface area contributed by atoms with Crippen LogP contribution < -0.4 is 0 Å². The lowest BCUT2D eigenvalue weighted by molar-refractivity contribution is -0.140. The SMILES string of the molecule is COC(=O)CCC(=O)c1cccc(Cl)c1O. The van der Waals surface area contributed by atoms with Gasteiger partial charge in [0.2, 0.25) is 0 Å². The molecule has 0 heterocycles. The van der Waals surface area contributed by atoms with Gasteiger partial charge in [-0.25, -0.2) is 0 Å². The molecule has 0 fully saturated rings. The number of ketones is 1. The zero-order valence-corrected chi connectivity index (χ0v) is 9.45. The number of rotatable bonds is 4. The monoisotopic (exact) mass is 242 g/mol. The van der Waals surface area contributed by atoms with Crippen LogP contribution in [-0.2, 0) is 9.53 Å². The Kier molecular flexibility index (Phi) is 4.31. The zero-order valence-electron chi connectivity index (χ0n) is 8.70. The number of esters is 1. The maximum atomic E-state index is 11.6. The van der Waals surface area contributed by atoms with E-state index >= 15 is 0 Å². The molecule has 5 heteroatoms. The summed E-state index contributed by atoms with van der Waals surface area (Å²) in [6.07, 6.45) is -0.0259. The average molecular weight is 243 g/mol. The summed E-state index contributed by atoms with van der Waals surface area (Å²) in [6, 6.07) is 4.50. The second kappa shape index (κ2) is 5.51. The third-order valence-electron chi connectivity index (χ3n) is 2.07. The molecular formula is C11H11ClO4. The van der Waals surface area contributed by atoms with Gasteiger partial charge in [-0.1, -0.05) is 17.7 Å². The maximum Gasteiger partial charge on any atom is 0.305 e. The molecule has 0 spiro atoms. The third kappa shape index (κ3) is 2.97. The molecule has 4 nitrogen and oxygen atoms in total. The van der Waals surface area contributed by atoms with Gasteiger partial charge >= 0.3 is 5.97 Å². The Morgan fingerprint density at radius 2 is 2.06 bits per heavy atom. The van der Waals surface area contributed by atoms with Gasteiger partial charge in [0, 0.05) is 6.42 Å². The van der Waals surface area contributed by atoms with Crippen LogP contribution in [0.15, 0.2) is 18.2 Å². The number of benzene rings is 1. The molecule has 0 saturated carbocycles. The van der Waals surface area contributed by atoms with E-state index in [1.165, 1.54) is 19.2 Å². The van der Waals surface area contributed by atoms with Crippen LogP contribution in [0.1, 0.15) is 23.2 Å². The molecule has 0 aliphatic heterocycles. The average Bonchev–Trinajstić information content (AvgIpc) is 2.29. The van der Waals surface area contributed by atoms with E-state index in [0.717, 1.165) is 0 Å². The molecule has 1 N–H and O–H groups in total. The molecule has 86 valence electrons. The summed E-state index contributed by atoms with van der Waals surface area (Å²) in [5.41, 5.74) is 0.122. The van der Waals surface area contributed by atoms with Crippen molar-refractivity contribution in [3.63, 3.8) is 0 Å². The number of aromatic hydroxyl groups is 1. The van der Waals surface area contributed by atoms with Gasteiger partial charge < -0.3 is 9.84 Å². The molecule has 16 heavy (non-hydrogen) atoms. The highest BCUT2D eigenvalue weighted by molar-refractivity contribution is 6.32. The highest BCUT2D eigenvalue weighted by atomic mass is 35.5. The standard InChI is InChI=1S/C11H11ClO4/c1-16-10(14)6-5-9(13)7-3-2-4-8(12)11(7)15/h2-4,15H,5-6H2,1H3. The summed E-state index contributed by atoms with van der Waals surface area (Å²) in [6.45, 7) is 0. The number of para-hydroxylation sites is 1. The molecule has 1 aromatic rings. The number of hydrogen-bond donors (Lipinski definition) is 1. The van der Waals surface area contributed by atoms with E-state index in [4.69, 9.17) is 11.6 Å². The quantitative estimate of drug-likeness (QED) is 0.649. The van der Waals surface area contributed by atoms with Crippen molar-refractivity contribution in [2.24, 2.45) is 0 Å². The van der Waals surface area contributed by atoms with Crippen LogP contribution in [-0.4, -0.2) is 24.0 Å². The van der Waals surface area contributed by atoms with Crippen molar-refractivity contribution in [3.05, 3.63) is 28.8 Å². The molecule has 0 unspecified atom stereocenters. The summed E-state index contributed by atoms with van der Waals surface area (Å²) < 4.78 is 4.41. The number of ether oxygens (including phenoxy) is 1. The largest absolute Gasteiger partial charge is 0.506 e. The normalized spacial score (nSPS) is 9.88. The smallest absolute Gasteiger partial charge is 0.305 e. The molecule has 0 saturated heterocycles. The summed E-state index contributed by atoms with van der Waals surface area (Å²) >= 11 is 5.65. The second-order valence-electron chi connectivity index (χ2n) is 3.14. The van der Waals surface area contributed by atoms with E-state index in [2.05, 4.69) is 4.74 Å². The molecule has 0 atom stereocenters. The first-order valence-electron chi connectivity index (χ1n) is 4.63. The Labute approximate surface area is 97.8 Å². The number of phenolic OH excluding ortho intramolecular Hbond substituents is 1. The summed E-state index contributed by atoms with van der Waals surface area (Å²) in [7, 11) is 1.25. The summed E-state index contributed by atoms with van der Waals surface area (Å²) in [5.74, 6) is -1.06. The number of carbonyl (C=O) groups excluding carboxylic acids is 2. The first kappa shape index (κ1) is 12.5. The van der Waals surface area contributed by atoms with E-state index in [-0.39, 0.29) is 35.0 Å². The fraction of sp³-hybridized carbons (Fsp3) is 0.273. The number of methoxy groups -OCH3 is 1. The lowest BCUT2D eigenvalue weighted by atomic mass is 10.1. The van der Waals surface area contributed by atoms with E-state index in [1.54, 1.807) is 6.07 Å². The Bertz CT molecular complexity index is 414. The van der Waals surface area contributed by atoms with Crippen molar-refractivity contribution in [1.82, 2.24) is 0 Å². The Morgan fingerprint density at radius 1 is 1.38 bits per heavy atom. The van der Waals surface area contributed by atoms with Crippen LogP contribution >= 0.6 is 11.6 Å². The first-order valence-corrected chi connectivity index (χ1v) is 5.01. The van der Waals surface area contributed by atoms with Crippen molar-refractivity contribution in [1.29, 1.82) is 0 Å². The van der Waals surface area contributed by atoms with Crippen LogP contribution in [0, 0.1) is 0 Å².